The van der Waals surface area contributed by atoms with Crippen molar-refractivity contribution in [1.29, 1.82) is 0 Å². The molecule has 0 atom stereocenters. The van der Waals surface area contributed by atoms with Crippen LogP contribution in [0.1, 0.15) is 303 Å². The second kappa shape index (κ2) is 51.9. The van der Waals surface area contributed by atoms with Crippen molar-refractivity contribution >= 4 is 11.9 Å². The van der Waals surface area contributed by atoms with E-state index in [1.165, 1.54) is 244 Å². The Morgan fingerprint density at radius 2 is 0.500 bits per heavy atom. The number of esters is 1. The maximum atomic E-state index is 11.9. The maximum absolute atomic E-state index is 11.9. The molecule has 0 unspecified atom stereocenters. The SMILES string of the molecule is CCCCCCCCCCCCCCCC(=O)O.CCCCCCCCCCCCCCCCCC(=O)OCCCCCCCCCCCCCCCC. The number of rotatable bonds is 45. The summed E-state index contributed by atoms with van der Waals surface area (Å²) in [5.41, 5.74) is 0. The molecule has 0 aliphatic rings. The van der Waals surface area contributed by atoms with Crippen LogP contribution in [0.2, 0.25) is 0 Å². The van der Waals surface area contributed by atoms with E-state index in [9.17, 15) is 9.59 Å². The van der Waals surface area contributed by atoms with Crippen molar-refractivity contribution < 1.29 is 19.4 Å². The summed E-state index contributed by atoms with van der Waals surface area (Å²) in [7, 11) is 0. The van der Waals surface area contributed by atoms with Gasteiger partial charge in [-0.2, -0.15) is 0 Å². The predicted octanol–water partition coefficient (Wildman–Crippen LogP) is 17.8. The quantitative estimate of drug-likeness (QED) is 0.0495. The summed E-state index contributed by atoms with van der Waals surface area (Å²) in [5, 5.41) is 8.49. The average Bonchev–Trinajstić information content (AvgIpc) is 3.16. The number of hydrogen-bond donors (Lipinski definition) is 1. The normalized spacial score (nSPS) is 11.1. The first-order valence-corrected chi connectivity index (χ1v) is 25.0. The highest BCUT2D eigenvalue weighted by Crippen LogP contribution is 2.16. The van der Waals surface area contributed by atoms with Crippen molar-refractivity contribution in [2.24, 2.45) is 0 Å². The third kappa shape index (κ3) is 55.3. The van der Waals surface area contributed by atoms with E-state index in [4.69, 9.17) is 9.84 Å². The molecule has 0 aromatic heterocycles. The van der Waals surface area contributed by atoms with Gasteiger partial charge in [0.15, 0.2) is 0 Å². The van der Waals surface area contributed by atoms with E-state index in [1.807, 2.05) is 0 Å². The van der Waals surface area contributed by atoms with Gasteiger partial charge in [-0.3, -0.25) is 9.59 Å². The van der Waals surface area contributed by atoms with Gasteiger partial charge in [-0.15, -0.1) is 0 Å². The molecule has 54 heavy (non-hydrogen) atoms. The van der Waals surface area contributed by atoms with Gasteiger partial charge in [0, 0.05) is 12.8 Å². The van der Waals surface area contributed by atoms with Crippen LogP contribution in [-0.4, -0.2) is 23.7 Å². The zero-order valence-corrected chi connectivity index (χ0v) is 37.5. The monoisotopic (exact) mass is 765 g/mol. The van der Waals surface area contributed by atoms with Gasteiger partial charge in [0.25, 0.3) is 0 Å². The van der Waals surface area contributed by atoms with Crippen molar-refractivity contribution in [1.82, 2.24) is 0 Å². The number of carboxylic acid groups (broad SMARTS) is 1. The van der Waals surface area contributed by atoms with Crippen LogP contribution in [0.25, 0.3) is 0 Å². The number of unbranched alkanes of at least 4 members (excludes halogenated alkanes) is 39. The molecule has 324 valence electrons. The molecule has 1 N–H and O–H groups in total. The summed E-state index contributed by atoms with van der Waals surface area (Å²) in [6.45, 7) is 7.47. The summed E-state index contributed by atoms with van der Waals surface area (Å²) >= 11 is 0. The van der Waals surface area contributed by atoms with Crippen LogP contribution >= 0.6 is 0 Å². The molecule has 4 heteroatoms. The van der Waals surface area contributed by atoms with Crippen LogP contribution < -0.4 is 0 Å². The lowest BCUT2D eigenvalue weighted by Gasteiger charge is -2.06. The number of ether oxygens (including phenoxy) is 1. The highest BCUT2D eigenvalue weighted by molar-refractivity contribution is 5.69. The lowest BCUT2D eigenvalue weighted by Crippen LogP contribution is -2.05. The van der Waals surface area contributed by atoms with Crippen LogP contribution in [0, 0.1) is 0 Å². The molecular weight excluding hydrogens is 665 g/mol. The first-order chi connectivity index (χ1) is 26.6. The molecule has 0 radical (unpaired) electrons. The largest absolute Gasteiger partial charge is 0.481 e. The summed E-state index contributed by atoms with van der Waals surface area (Å²) in [6, 6.07) is 0. The molecule has 0 rings (SSSR count). The first-order valence-electron chi connectivity index (χ1n) is 25.0. The molecule has 0 saturated heterocycles. The topological polar surface area (TPSA) is 63.6 Å². The van der Waals surface area contributed by atoms with E-state index in [1.54, 1.807) is 0 Å². The van der Waals surface area contributed by atoms with Crippen molar-refractivity contribution in [3.05, 3.63) is 0 Å². The molecule has 0 saturated carbocycles. The molecule has 0 aromatic carbocycles. The van der Waals surface area contributed by atoms with Crippen LogP contribution in [-0.2, 0) is 14.3 Å². The minimum Gasteiger partial charge on any atom is -0.481 e. The maximum Gasteiger partial charge on any atom is 0.305 e. The summed E-state index contributed by atoms with van der Waals surface area (Å²) in [5.74, 6) is -0.627. The molecule has 0 bridgehead atoms. The Balaban J connectivity index is 0. The van der Waals surface area contributed by atoms with Gasteiger partial charge in [0.1, 0.15) is 0 Å². The summed E-state index contributed by atoms with van der Waals surface area (Å²) in [4.78, 5) is 22.2. The van der Waals surface area contributed by atoms with Gasteiger partial charge in [-0.05, 0) is 19.3 Å². The van der Waals surface area contributed by atoms with Crippen LogP contribution in [0.5, 0.6) is 0 Å². The molecule has 0 aromatic rings. The van der Waals surface area contributed by atoms with Crippen molar-refractivity contribution in [3.63, 3.8) is 0 Å². The lowest BCUT2D eigenvalue weighted by atomic mass is 10.0. The minimum absolute atomic E-state index is 0.0272. The number of carboxylic acids is 1. The number of hydrogen-bond acceptors (Lipinski definition) is 3. The van der Waals surface area contributed by atoms with E-state index >= 15 is 0 Å². The van der Waals surface area contributed by atoms with Crippen LogP contribution in [0.15, 0.2) is 0 Å². The number of aliphatic carboxylic acids is 1. The fourth-order valence-electron chi connectivity index (χ4n) is 7.49. The standard InChI is InChI=1S/C34H68O2.C16H32O2/c1-3-5-7-9-11-13-15-17-19-20-22-24-26-28-30-32-34(35)36-33-31-29-27-25-23-21-18-16-14-12-10-8-6-4-2;1-2-3-4-5-6-7-8-9-10-11-12-13-14-15-16(17)18/h3-33H2,1-2H3;2-15H2,1H3,(H,17,18). The lowest BCUT2D eigenvalue weighted by molar-refractivity contribution is -0.144. The molecule has 0 heterocycles. The molecule has 0 aliphatic heterocycles. The van der Waals surface area contributed by atoms with Crippen molar-refractivity contribution in [3.8, 4) is 0 Å². The first kappa shape index (κ1) is 55.0. The Morgan fingerprint density at radius 3 is 0.741 bits per heavy atom. The van der Waals surface area contributed by atoms with Crippen molar-refractivity contribution in [2.75, 3.05) is 6.61 Å². The van der Waals surface area contributed by atoms with E-state index in [0.29, 0.717) is 19.4 Å². The Morgan fingerprint density at radius 1 is 0.296 bits per heavy atom. The van der Waals surface area contributed by atoms with Gasteiger partial charge < -0.3 is 9.84 Å². The summed E-state index contributed by atoms with van der Waals surface area (Å²) < 4.78 is 5.43. The third-order valence-corrected chi connectivity index (χ3v) is 11.2. The molecular formula is C50H100O4. The van der Waals surface area contributed by atoms with Gasteiger partial charge in [-0.1, -0.05) is 271 Å². The van der Waals surface area contributed by atoms with Gasteiger partial charge in [0.05, 0.1) is 6.61 Å². The second-order valence-corrected chi connectivity index (χ2v) is 16.9. The fourth-order valence-corrected chi connectivity index (χ4v) is 7.49. The van der Waals surface area contributed by atoms with Crippen LogP contribution in [0.3, 0.4) is 0 Å². The van der Waals surface area contributed by atoms with E-state index < -0.39 is 5.97 Å². The fraction of sp³-hybridized carbons (Fsp3) is 0.960. The highest BCUT2D eigenvalue weighted by Gasteiger charge is 2.03. The Labute approximate surface area is 340 Å². The minimum atomic E-state index is -0.655. The van der Waals surface area contributed by atoms with E-state index in [2.05, 4.69) is 20.8 Å². The molecule has 4 nitrogen and oxygen atoms in total. The summed E-state index contributed by atoms with van der Waals surface area (Å²) in [6.07, 6.45) is 57.4. The van der Waals surface area contributed by atoms with Gasteiger partial charge in [-0.25, -0.2) is 0 Å². The zero-order valence-electron chi connectivity index (χ0n) is 37.5. The van der Waals surface area contributed by atoms with E-state index in [0.717, 1.165) is 25.7 Å². The molecule has 0 spiro atoms. The smallest absolute Gasteiger partial charge is 0.305 e. The Kier molecular flexibility index (Phi) is 52.9. The molecule has 0 fully saturated rings. The zero-order chi connectivity index (χ0) is 39.7. The van der Waals surface area contributed by atoms with Gasteiger partial charge >= 0.3 is 11.9 Å². The van der Waals surface area contributed by atoms with E-state index in [-0.39, 0.29) is 5.97 Å². The molecule has 0 aliphatic carbocycles. The Bertz CT molecular complexity index is 656. The second-order valence-electron chi connectivity index (χ2n) is 16.9. The number of carbonyl (C=O) groups excluding carboxylic acids is 1. The highest BCUT2D eigenvalue weighted by atomic mass is 16.5. The van der Waals surface area contributed by atoms with Crippen LogP contribution in [0.4, 0.5) is 0 Å². The Hall–Kier alpha value is -1.06. The predicted molar refractivity (Wildman–Crippen MR) is 239 cm³/mol. The average molecular weight is 765 g/mol. The van der Waals surface area contributed by atoms with Crippen molar-refractivity contribution in [2.45, 2.75) is 303 Å². The molecule has 0 amide bonds. The number of carbonyl (C=O) groups is 2. The third-order valence-electron chi connectivity index (χ3n) is 11.2. The van der Waals surface area contributed by atoms with Gasteiger partial charge in [0.2, 0.25) is 0 Å².